The molecule has 0 unspecified atom stereocenters. The van der Waals surface area contributed by atoms with E-state index in [1.165, 1.54) is 6.07 Å². The first-order valence-corrected chi connectivity index (χ1v) is 10.4. The summed E-state index contributed by atoms with van der Waals surface area (Å²) < 4.78 is 84.7. The van der Waals surface area contributed by atoms with Gasteiger partial charge in [0.2, 0.25) is 0 Å². The number of rotatable bonds is 3. The van der Waals surface area contributed by atoms with Gasteiger partial charge in [-0.15, -0.1) is 0 Å². The van der Waals surface area contributed by atoms with E-state index in [-0.39, 0.29) is 16.7 Å². The highest BCUT2D eigenvalue weighted by Gasteiger charge is 2.32. The first-order chi connectivity index (χ1) is 10.9. The van der Waals surface area contributed by atoms with Crippen LogP contribution in [0.4, 0.5) is 26.3 Å². The van der Waals surface area contributed by atoms with Crippen molar-refractivity contribution in [2.24, 2.45) is 0 Å². The van der Waals surface area contributed by atoms with E-state index in [0.717, 1.165) is 12.1 Å². The van der Waals surface area contributed by atoms with E-state index in [0.29, 0.717) is 12.1 Å². The third kappa shape index (κ3) is 3.74. The first-order valence-electron chi connectivity index (χ1n) is 6.94. The monoisotopic (exact) mass is 364 g/mol. The summed E-state index contributed by atoms with van der Waals surface area (Å²) >= 11 is 0. The fraction of sp³-hybridized carbons (Fsp3) is 0.250. The quantitative estimate of drug-likeness (QED) is 0.399. The lowest BCUT2D eigenvalue weighted by molar-refractivity contribution is -0.137. The molecular weight excluding hydrogens is 350 g/mol. The Morgan fingerprint density at radius 1 is 0.917 bits per heavy atom. The Labute approximate surface area is 135 Å². The molecule has 0 amide bonds. The summed E-state index contributed by atoms with van der Waals surface area (Å²) in [6.45, 7) is 5.05. The van der Waals surface area contributed by atoms with Gasteiger partial charge in [0.05, 0.1) is 13.6 Å². The zero-order valence-corrected chi connectivity index (χ0v) is 14.1. The van der Waals surface area contributed by atoms with Crippen LogP contribution in [-0.2, 0) is 6.18 Å². The molecule has 0 bridgehead atoms. The van der Waals surface area contributed by atoms with E-state index in [1.54, 1.807) is 19.6 Å². The second-order valence-corrected chi connectivity index (χ2v) is 11.2. The third-order valence-corrected chi connectivity index (χ3v) is 5.23. The number of ether oxygens (including phenoxy) is 1. The predicted molar refractivity (Wildman–Crippen MR) is 80.8 cm³/mol. The maximum atomic E-state index is 14.1. The maximum Gasteiger partial charge on any atom is 0.416 e. The molecule has 0 radical (unpaired) electrons. The van der Waals surface area contributed by atoms with E-state index in [2.05, 4.69) is 0 Å². The van der Waals surface area contributed by atoms with Crippen LogP contribution in [-0.4, -0.2) is 8.07 Å². The molecule has 0 aromatic heterocycles. The molecule has 0 saturated heterocycles. The van der Waals surface area contributed by atoms with Crippen molar-refractivity contribution in [3.05, 3.63) is 53.3 Å². The molecule has 130 valence electrons. The molecule has 1 nitrogen and oxygen atoms in total. The number of benzene rings is 2. The Balaban J connectivity index is 2.55. The van der Waals surface area contributed by atoms with Gasteiger partial charge in [0.15, 0.2) is 17.5 Å². The van der Waals surface area contributed by atoms with Crippen molar-refractivity contribution < 1.29 is 31.1 Å². The molecule has 0 fully saturated rings. The minimum atomic E-state index is -4.58. The van der Waals surface area contributed by atoms with Crippen molar-refractivity contribution in [1.29, 1.82) is 0 Å². The summed E-state index contributed by atoms with van der Waals surface area (Å²) in [6, 6.07) is 4.56. The van der Waals surface area contributed by atoms with Crippen molar-refractivity contribution in [1.82, 2.24) is 0 Å². The average molecular weight is 364 g/mol. The molecule has 0 aliphatic heterocycles. The number of alkyl halides is 3. The molecule has 0 saturated carbocycles. The van der Waals surface area contributed by atoms with Crippen LogP contribution in [0, 0.1) is 17.5 Å². The highest BCUT2D eigenvalue weighted by molar-refractivity contribution is 6.89. The van der Waals surface area contributed by atoms with E-state index >= 15 is 0 Å². The fourth-order valence-corrected chi connectivity index (χ4v) is 3.85. The Bertz CT molecular complexity index is 764. The number of halogens is 6. The second-order valence-electron chi connectivity index (χ2n) is 6.24. The van der Waals surface area contributed by atoms with Crippen LogP contribution >= 0.6 is 0 Å². The van der Waals surface area contributed by atoms with Crippen molar-refractivity contribution in [2.45, 2.75) is 25.8 Å². The van der Waals surface area contributed by atoms with E-state index in [1.807, 2.05) is 0 Å². The van der Waals surface area contributed by atoms with Crippen LogP contribution in [0.3, 0.4) is 0 Å². The Morgan fingerprint density at radius 3 is 2.08 bits per heavy atom. The van der Waals surface area contributed by atoms with Crippen LogP contribution in [0.15, 0.2) is 30.3 Å². The average Bonchev–Trinajstić information content (AvgIpc) is 2.43. The largest absolute Gasteiger partial charge is 0.457 e. The third-order valence-electron chi connectivity index (χ3n) is 3.27. The maximum absolute atomic E-state index is 14.1. The van der Waals surface area contributed by atoms with E-state index in [4.69, 9.17) is 4.74 Å². The van der Waals surface area contributed by atoms with Gasteiger partial charge in [0, 0.05) is 11.3 Å². The van der Waals surface area contributed by atoms with Crippen LogP contribution in [0.1, 0.15) is 5.56 Å². The predicted octanol–water partition coefficient (Wildman–Crippen LogP) is 5.46. The number of hydrogen-bond donors (Lipinski definition) is 0. The first kappa shape index (κ1) is 18.4. The van der Waals surface area contributed by atoms with Crippen LogP contribution in [0.5, 0.6) is 11.5 Å². The summed E-state index contributed by atoms with van der Waals surface area (Å²) in [5.41, 5.74) is -0.961. The van der Waals surface area contributed by atoms with Gasteiger partial charge in [-0.2, -0.15) is 13.2 Å². The van der Waals surface area contributed by atoms with Gasteiger partial charge < -0.3 is 4.74 Å². The smallest absolute Gasteiger partial charge is 0.416 e. The molecule has 2 rings (SSSR count). The van der Waals surface area contributed by atoms with Gasteiger partial charge in [0.25, 0.3) is 0 Å². The van der Waals surface area contributed by atoms with Gasteiger partial charge in [0.1, 0.15) is 11.5 Å². The van der Waals surface area contributed by atoms with Gasteiger partial charge in [-0.05, 0) is 18.2 Å². The molecule has 2 aromatic carbocycles. The summed E-state index contributed by atoms with van der Waals surface area (Å²) in [5, 5.41) is -0.126. The van der Waals surface area contributed by atoms with Gasteiger partial charge in [-0.1, -0.05) is 25.7 Å². The fourth-order valence-electron chi connectivity index (χ4n) is 2.22. The van der Waals surface area contributed by atoms with Crippen LogP contribution < -0.4 is 9.92 Å². The molecule has 0 atom stereocenters. The summed E-state index contributed by atoms with van der Waals surface area (Å²) in [6.07, 6.45) is -4.58. The lowest BCUT2D eigenvalue weighted by atomic mass is 10.2. The summed E-state index contributed by atoms with van der Waals surface area (Å²) in [4.78, 5) is 0. The lowest BCUT2D eigenvalue weighted by Gasteiger charge is -2.22. The lowest BCUT2D eigenvalue weighted by Crippen LogP contribution is -2.41. The molecule has 0 N–H and O–H groups in total. The van der Waals surface area contributed by atoms with Gasteiger partial charge >= 0.3 is 6.18 Å². The van der Waals surface area contributed by atoms with E-state index in [9.17, 15) is 26.3 Å². The molecule has 24 heavy (non-hydrogen) atoms. The SMILES string of the molecule is C[Si](C)(C)c1c(Oc2cccc(C(F)(F)F)c2)cc(F)c(F)c1F. The zero-order chi connectivity index (χ0) is 18.3. The molecule has 8 heteroatoms. The van der Waals surface area contributed by atoms with Gasteiger partial charge in [-0.3, -0.25) is 0 Å². The molecule has 0 aliphatic rings. The molecule has 2 aromatic rings. The van der Waals surface area contributed by atoms with Crippen molar-refractivity contribution in [3.8, 4) is 11.5 Å². The van der Waals surface area contributed by atoms with Crippen LogP contribution in [0.25, 0.3) is 0 Å². The standard InChI is InChI=1S/C16H14F6OSi/c1-24(2,3)15-12(8-11(17)13(18)14(15)19)23-10-6-4-5-9(7-10)16(20,21)22/h4-8H,1-3H3. The summed E-state index contributed by atoms with van der Waals surface area (Å²) in [7, 11) is -2.51. The van der Waals surface area contributed by atoms with Crippen molar-refractivity contribution in [2.75, 3.05) is 0 Å². The highest BCUT2D eigenvalue weighted by Crippen LogP contribution is 2.33. The van der Waals surface area contributed by atoms with Crippen molar-refractivity contribution >= 4 is 13.3 Å². The molecule has 0 spiro atoms. The number of hydrogen-bond acceptors (Lipinski definition) is 1. The molecule has 0 aliphatic carbocycles. The molecule has 0 heterocycles. The normalized spacial score (nSPS) is 12.4. The Hall–Kier alpha value is -1.96. The minimum Gasteiger partial charge on any atom is -0.457 e. The zero-order valence-electron chi connectivity index (χ0n) is 13.1. The minimum absolute atomic E-state index is 0.126. The van der Waals surface area contributed by atoms with Crippen molar-refractivity contribution in [3.63, 3.8) is 0 Å². The van der Waals surface area contributed by atoms with Gasteiger partial charge in [-0.25, -0.2) is 13.2 Å². The summed E-state index contributed by atoms with van der Waals surface area (Å²) in [5.74, 6) is -5.00. The topological polar surface area (TPSA) is 9.23 Å². The van der Waals surface area contributed by atoms with Crippen LogP contribution in [0.2, 0.25) is 19.6 Å². The van der Waals surface area contributed by atoms with E-state index < -0.39 is 37.3 Å². The second kappa shape index (κ2) is 6.16. The highest BCUT2D eigenvalue weighted by atomic mass is 28.3. The molecular formula is C16H14F6OSi. The Kier molecular flexibility index (Phi) is 4.71. The Morgan fingerprint density at radius 2 is 1.54 bits per heavy atom.